The van der Waals surface area contributed by atoms with Crippen LogP contribution in [0.4, 0.5) is 0 Å². The molecule has 0 nitrogen and oxygen atoms in total. The van der Waals surface area contributed by atoms with Crippen molar-refractivity contribution in [2.24, 2.45) is 45.8 Å². The average molecular weight is 361 g/mol. The Bertz CT molecular complexity index is 555. The molecule has 8 atom stereocenters. The maximum atomic E-state index is 3.00. The SMILES string of the molecule is CC(C)(C)C1CCC2C3CC=C4CC(CP)CCC4(C)C3CCC21C. The van der Waals surface area contributed by atoms with Crippen molar-refractivity contribution in [3.63, 3.8) is 0 Å². The highest BCUT2D eigenvalue weighted by molar-refractivity contribution is 7.16. The fourth-order valence-electron chi connectivity index (χ4n) is 8.36. The lowest BCUT2D eigenvalue weighted by atomic mass is 9.46. The molecule has 0 saturated heterocycles. The first-order valence-corrected chi connectivity index (χ1v) is 11.9. The maximum Gasteiger partial charge on any atom is -0.00851 e. The second kappa shape index (κ2) is 6.09. The minimum Gasteiger partial charge on any atom is -0.137 e. The maximum absolute atomic E-state index is 3.00. The molecule has 142 valence electrons. The van der Waals surface area contributed by atoms with Gasteiger partial charge in [-0.05, 0) is 103 Å². The van der Waals surface area contributed by atoms with Crippen LogP contribution in [0, 0.1) is 45.8 Å². The van der Waals surface area contributed by atoms with Gasteiger partial charge in [-0.3, -0.25) is 0 Å². The van der Waals surface area contributed by atoms with E-state index in [1.54, 1.807) is 0 Å². The van der Waals surface area contributed by atoms with Crippen LogP contribution in [0.3, 0.4) is 0 Å². The molecule has 25 heavy (non-hydrogen) atoms. The summed E-state index contributed by atoms with van der Waals surface area (Å²) in [6.07, 6.45) is 15.8. The molecule has 8 unspecified atom stereocenters. The molecule has 4 aliphatic rings. The van der Waals surface area contributed by atoms with E-state index < -0.39 is 0 Å². The third-order valence-electron chi connectivity index (χ3n) is 9.58. The summed E-state index contributed by atoms with van der Waals surface area (Å²) < 4.78 is 0. The van der Waals surface area contributed by atoms with Gasteiger partial charge < -0.3 is 0 Å². The van der Waals surface area contributed by atoms with E-state index in [0.717, 1.165) is 29.6 Å². The lowest BCUT2D eigenvalue weighted by Gasteiger charge is -2.59. The molecule has 0 aliphatic heterocycles. The molecular formula is C24H41P. The number of allylic oxidation sites excluding steroid dienone is 2. The van der Waals surface area contributed by atoms with E-state index in [2.05, 4.69) is 49.9 Å². The van der Waals surface area contributed by atoms with Crippen LogP contribution < -0.4 is 0 Å². The Morgan fingerprint density at radius 3 is 2.48 bits per heavy atom. The van der Waals surface area contributed by atoms with Gasteiger partial charge in [0.05, 0.1) is 0 Å². The molecule has 0 aromatic rings. The van der Waals surface area contributed by atoms with Crippen molar-refractivity contribution in [3.05, 3.63) is 11.6 Å². The summed E-state index contributed by atoms with van der Waals surface area (Å²) in [5, 5.41) is 0. The van der Waals surface area contributed by atoms with Crippen molar-refractivity contribution in [2.45, 2.75) is 86.0 Å². The third-order valence-corrected chi connectivity index (χ3v) is 10.3. The molecule has 0 aromatic heterocycles. The van der Waals surface area contributed by atoms with E-state index >= 15 is 0 Å². The van der Waals surface area contributed by atoms with Gasteiger partial charge in [-0.2, -0.15) is 0 Å². The molecule has 0 spiro atoms. The zero-order valence-corrected chi connectivity index (χ0v) is 18.6. The van der Waals surface area contributed by atoms with Gasteiger partial charge in [0.1, 0.15) is 0 Å². The van der Waals surface area contributed by atoms with Crippen molar-refractivity contribution in [1.29, 1.82) is 0 Å². The van der Waals surface area contributed by atoms with Crippen LogP contribution in [0.1, 0.15) is 86.0 Å². The number of rotatable bonds is 1. The van der Waals surface area contributed by atoms with Gasteiger partial charge in [0.15, 0.2) is 0 Å². The van der Waals surface area contributed by atoms with Crippen molar-refractivity contribution in [3.8, 4) is 0 Å². The standard InChI is InChI=1S/C24H41P/c1-22(2,3)21-9-8-19-18-7-6-17-14-16(15-25)10-12-23(17,4)20(18)11-13-24(19,21)5/h6,16,18-21H,7-15,25H2,1-5H3. The van der Waals surface area contributed by atoms with Gasteiger partial charge in [-0.1, -0.05) is 46.3 Å². The molecule has 0 N–H and O–H groups in total. The largest absolute Gasteiger partial charge is 0.137 e. The summed E-state index contributed by atoms with van der Waals surface area (Å²) in [7, 11) is 3.00. The zero-order valence-electron chi connectivity index (χ0n) is 17.4. The molecule has 0 radical (unpaired) electrons. The Labute approximate surface area is 159 Å². The second-order valence-corrected chi connectivity index (χ2v) is 12.1. The zero-order chi connectivity index (χ0) is 18.0. The highest BCUT2D eigenvalue weighted by atomic mass is 31.0. The molecule has 0 heterocycles. The van der Waals surface area contributed by atoms with Crippen molar-refractivity contribution >= 4 is 9.24 Å². The predicted molar refractivity (Wildman–Crippen MR) is 113 cm³/mol. The first kappa shape index (κ1) is 18.5. The van der Waals surface area contributed by atoms with Gasteiger partial charge in [-0.25, -0.2) is 0 Å². The molecule has 3 fully saturated rings. The monoisotopic (exact) mass is 360 g/mol. The van der Waals surface area contributed by atoms with Crippen LogP contribution in [0.2, 0.25) is 0 Å². The first-order valence-electron chi connectivity index (χ1n) is 11.1. The molecule has 0 bridgehead atoms. The summed E-state index contributed by atoms with van der Waals surface area (Å²) >= 11 is 0. The molecule has 3 saturated carbocycles. The summed E-state index contributed by atoms with van der Waals surface area (Å²) in [6, 6.07) is 0. The van der Waals surface area contributed by atoms with Gasteiger partial charge >= 0.3 is 0 Å². The number of hydrogen-bond acceptors (Lipinski definition) is 0. The smallest absolute Gasteiger partial charge is 0.00851 e. The number of hydrogen-bond donors (Lipinski definition) is 0. The normalized spacial score (nSPS) is 49.8. The summed E-state index contributed by atoms with van der Waals surface area (Å²) in [6.45, 7) is 12.8. The fraction of sp³-hybridized carbons (Fsp3) is 0.917. The van der Waals surface area contributed by atoms with E-state index in [1.807, 2.05) is 5.57 Å². The Balaban J connectivity index is 1.63. The fourth-order valence-corrected chi connectivity index (χ4v) is 8.76. The van der Waals surface area contributed by atoms with E-state index in [1.165, 1.54) is 57.5 Å². The van der Waals surface area contributed by atoms with Crippen molar-refractivity contribution in [1.82, 2.24) is 0 Å². The second-order valence-electron chi connectivity index (χ2n) is 11.6. The molecule has 1 heteroatoms. The van der Waals surface area contributed by atoms with Crippen LogP contribution in [0.5, 0.6) is 0 Å². The van der Waals surface area contributed by atoms with E-state index in [0.29, 0.717) is 16.2 Å². The Hall–Kier alpha value is 0.170. The van der Waals surface area contributed by atoms with Crippen LogP contribution in [0.25, 0.3) is 0 Å². The van der Waals surface area contributed by atoms with E-state index in [9.17, 15) is 0 Å². The molecule has 4 rings (SSSR count). The lowest BCUT2D eigenvalue weighted by molar-refractivity contribution is -0.0614. The summed E-state index contributed by atoms with van der Waals surface area (Å²) in [5.41, 5.74) is 3.49. The van der Waals surface area contributed by atoms with Crippen LogP contribution in [0.15, 0.2) is 11.6 Å². The highest BCUT2D eigenvalue weighted by Crippen LogP contribution is 2.68. The van der Waals surface area contributed by atoms with Crippen molar-refractivity contribution < 1.29 is 0 Å². The summed E-state index contributed by atoms with van der Waals surface area (Å²) in [4.78, 5) is 0. The molecule has 4 aliphatic carbocycles. The molecule has 0 amide bonds. The van der Waals surface area contributed by atoms with Gasteiger partial charge in [0.2, 0.25) is 0 Å². The third kappa shape index (κ3) is 2.71. The first-order chi connectivity index (χ1) is 11.7. The summed E-state index contributed by atoms with van der Waals surface area (Å²) in [5.74, 6) is 4.81. The van der Waals surface area contributed by atoms with Crippen molar-refractivity contribution in [2.75, 3.05) is 6.16 Å². The van der Waals surface area contributed by atoms with Crippen LogP contribution in [-0.4, -0.2) is 6.16 Å². The van der Waals surface area contributed by atoms with Gasteiger partial charge in [0.25, 0.3) is 0 Å². The number of fused-ring (bicyclic) bond motifs is 5. The Morgan fingerprint density at radius 2 is 1.80 bits per heavy atom. The highest BCUT2D eigenvalue weighted by Gasteiger charge is 2.59. The van der Waals surface area contributed by atoms with Gasteiger partial charge in [0, 0.05) is 0 Å². The molecule has 0 aromatic carbocycles. The topological polar surface area (TPSA) is 0 Å². The van der Waals surface area contributed by atoms with E-state index in [-0.39, 0.29) is 0 Å². The van der Waals surface area contributed by atoms with Gasteiger partial charge in [-0.15, -0.1) is 9.24 Å². The predicted octanol–water partition coefficient (Wildman–Crippen LogP) is 7.10. The lowest BCUT2D eigenvalue weighted by Crippen LogP contribution is -2.51. The quantitative estimate of drug-likeness (QED) is 0.345. The molecular weight excluding hydrogens is 319 g/mol. The Kier molecular flexibility index (Phi) is 4.51. The van der Waals surface area contributed by atoms with Crippen LogP contribution >= 0.6 is 9.24 Å². The average Bonchev–Trinajstić information content (AvgIpc) is 2.91. The minimum atomic E-state index is 0.479. The minimum absolute atomic E-state index is 0.479. The van der Waals surface area contributed by atoms with E-state index in [4.69, 9.17) is 0 Å². The van der Waals surface area contributed by atoms with Crippen LogP contribution in [-0.2, 0) is 0 Å². The Morgan fingerprint density at radius 1 is 1.04 bits per heavy atom.